The van der Waals surface area contributed by atoms with Gasteiger partial charge in [-0.3, -0.25) is 4.79 Å². The molecule has 0 atom stereocenters. The Labute approximate surface area is 166 Å². The van der Waals surface area contributed by atoms with Gasteiger partial charge in [-0.15, -0.1) is 0 Å². The highest BCUT2D eigenvalue weighted by Gasteiger charge is 2.22. The van der Waals surface area contributed by atoms with Gasteiger partial charge in [0.15, 0.2) is 0 Å². The second kappa shape index (κ2) is 7.82. The Bertz CT molecular complexity index is 852. The second-order valence-electron chi connectivity index (χ2n) is 4.91. The molecule has 0 spiro atoms. The maximum Gasteiger partial charge on any atom is 0.263 e. The number of amides is 1. The first-order valence-corrected chi connectivity index (χ1v) is 9.74. The van der Waals surface area contributed by atoms with E-state index >= 15 is 0 Å². The highest BCUT2D eigenvalue weighted by Crippen LogP contribution is 2.31. The predicted octanol–water partition coefficient (Wildman–Crippen LogP) is 5.28. The van der Waals surface area contributed by atoms with E-state index in [0.29, 0.717) is 21.6 Å². The lowest BCUT2D eigenvalue weighted by atomic mass is 10.2. The van der Waals surface area contributed by atoms with Crippen LogP contribution in [-0.4, -0.2) is 10.2 Å². The van der Waals surface area contributed by atoms with Gasteiger partial charge in [0.05, 0.1) is 4.91 Å². The van der Waals surface area contributed by atoms with Crippen molar-refractivity contribution in [2.45, 2.75) is 6.61 Å². The number of hydrogen-bond donors (Lipinski definition) is 1. The number of hydrogen-bond acceptors (Lipinski definition) is 4. The summed E-state index contributed by atoms with van der Waals surface area (Å²) in [4.78, 5) is 12.4. The molecule has 3 nitrogen and oxygen atoms in total. The van der Waals surface area contributed by atoms with Crippen LogP contribution >= 0.6 is 55.8 Å². The maximum atomic E-state index is 11.9. The molecule has 0 bridgehead atoms. The van der Waals surface area contributed by atoms with E-state index in [1.807, 2.05) is 42.5 Å². The molecule has 1 fully saturated rings. The topological polar surface area (TPSA) is 38.3 Å². The van der Waals surface area contributed by atoms with Crippen LogP contribution in [-0.2, 0) is 11.4 Å². The fourth-order valence-electron chi connectivity index (χ4n) is 2.10. The van der Waals surface area contributed by atoms with Crippen molar-refractivity contribution in [1.82, 2.24) is 5.32 Å². The molecule has 3 rings (SSSR count). The second-order valence-corrected chi connectivity index (χ2v) is 8.40. The van der Waals surface area contributed by atoms with Gasteiger partial charge in [-0.1, -0.05) is 74.0 Å². The van der Waals surface area contributed by atoms with Gasteiger partial charge in [-0.05, 0) is 30.3 Å². The Morgan fingerprint density at radius 1 is 1.21 bits per heavy atom. The molecule has 1 saturated heterocycles. The van der Waals surface area contributed by atoms with Gasteiger partial charge in [0.2, 0.25) is 0 Å². The molecule has 0 saturated carbocycles. The SMILES string of the molecule is O=C1NC(=S)SC1=Cc1cc(Br)ccc1OCc1ccccc1Br. The molecule has 1 aliphatic heterocycles. The minimum atomic E-state index is -0.179. The fourth-order valence-corrected chi connectivity index (χ4v) is 3.91. The highest BCUT2D eigenvalue weighted by molar-refractivity contribution is 9.10. The lowest BCUT2D eigenvalue weighted by Crippen LogP contribution is -2.17. The molecule has 0 aliphatic carbocycles. The zero-order valence-corrected chi connectivity index (χ0v) is 17.0. The molecule has 1 heterocycles. The fraction of sp³-hybridized carbons (Fsp3) is 0.0588. The number of nitrogens with one attached hydrogen (secondary N) is 1. The minimum absolute atomic E-state index is 0.179. The summed E-state index contributed by atoms with van der Waals surface area (Å²) in [6.45, 7) is 0.428. The van der Waals surface area contributed by atoms with Crippen molar-refractivity contribution in [2.24, 2.45) is 0 Å². The number of carbonyl (C=O) groups excluding carboxylic acids is 1. The summed E-state index contributed by atoms with van der Waals surface area (Å²) in [6.07, 6.45) is 1.79. The quantitative estimate of drug-likeness (QED) is 0.473. The monoisotopic (exact) mass is 483 g/mol. The number of ether oxygens (including phenoxy) is 1. The maximum absolute atomic E-state index is 11.9. The van der Waals surface area contributed by atoms with Crippen LogP contribution in [0.4, 0.5) is 0 Å². The molecule has 2 aromatic carbocycles. The summed E-state index contributed by atoms with van der Waals surface area (Å²) in [5.74, 6) is 0.523. The van der Waals surface area contributed by atoms with Gasteiger partial charge in [0.25, 0.3) is 5.91 Å². The molecule has 7 heteroatoms. The zero-order valence-electron chi connectivity index (χ0n) is 12.2. The average molecular weight is 485 g/mol. The van der Waals surface area contributed by atoms with Crippen LogP contribution in [0.1, 0.15) is 11.1 Å². The van der Waals surface area contributed by atoms with E-state index < -0.39 is 0 Å². The first kappa shape index (κ1) is 17.7. The molecule has 1 amide bonds. The van der Waals surface area contributed by atoms with Crippen LogP contribution in [0.15, 0.2) is 56.3 Å². The van der Waals surface area contributed by atoms with Crippen molar-refractivity contribution in [1.29, 1.82) is 0 Å². The standard InChI is InChI=1S/C17H11Br2NO2S2/c18-12-5-6-14(22-9-10-3-1-2-4-13(10)19)11(7-12)8-15-16(21)20-17(23)24-15/h1-8H,9H2,(H,20,21,23). The van der Waals surface area contributed by atoms with Crippen molar-refractivity contribution >= 4 is 72.1 Å². The number of thiocarbonyl (C=S) groups is 1. The highest BCUT2D eigenvalue weighted by atomic mass is 79.9. The molecule has 0 aromatic heterocycles. The smallest absolute Gasteiger partial charge is 0.263 e. The van der Waals surface area contributed by atoms with E-state index in [0.717, 1.165) is 20.1 Å². The van der Waals surface area contributed by atoms with Crippen molar-refractivity contribution in [2.75, 3.05) is 0 Å². The Morgan fingerprint density at radius 3 is 2.71 bits per heavy atom. The summed E-state index contributed by atoms with van der Waals surface area (Å²) in [5.41, 5.74) is 1.87. The van der Waals surface area contributed by atoms with Crippen LogP contribution in [0.3, 0.4) is 0 Å². The van der Waals surface area contributed by atoms with Crippen molar-refractivity contribution < 1.29 is 9.53 Å². The molecule has 1 aliphatic rings. The number of rotatable bonds is 4. The van der Waals surface area contributed by atoms with Crippen LogP contribution in [0, 0.1) is 0 Å². The molecule has 122 valence electrons. The Balaban J connectivity index is 1.86. The predicted molar refractivity (Wildman–Crippen MR) is 109 cm³/mol. The number of halogens is 2. The zero-order chi connectivity index (χ0) is 17.1. The Morgan fingerprint density at radius 2 is 2.00 bits per heavy atom. The van der Waals surface area contributed by atoms with E-state index in [2.05, 4.69) is 37.2 Å². The van der Waals surface area contributed by atoms with E-state index in [1.165, 1.54) is 11.8 Å². The Kier molecular flexibility index (Phi) is 5.76. The molecular formula is C17H11Br2NO2S2. The Hall–Kier alpha value is -1.15. The van der Waals surface area contributed by atoms with Crippen LogP contribution < -0.4 is 10.1 Å². The van der Waals surface area contributed by atoms with Crippen molar-refractivity contribution in [3.05, 3.63) is 67.4 Å². The molecule has 2 aromatic rings. The van der Waals surface area contributed by atoms with Crippen LogP contribution in [0.25, 0.3) is 6.08 Å². The molecule has 24 heavy (non-hydrogen) atoms. The van der Waals surface area contributed by atoms with Gasteiger partial charge in [-0.2, -0.15) is 0 Å². The summed E-state index contributed by atoms with van der Waals surface area (Å²) in [6, 6.07) is 13.6. The first-order valence-electron chi connectivity index (χ1n) is 6.93. The molecule has 0 unspecified atom stereocenters. The van der Waals surface area contributed by atoms with E-state index in [1.54, 1.807) is 6.08 Å². The number of benzene rings is 2. The van der Waals surface area contributed by atoms with Gasteiger partial charge >= 0.3 is 0 Å². The minimum Gasteiger partial charge on any atom is -0.488 e. The van der Waals surface area contributed by atoms with E-state index in [-0.39, 0.29) is 5.91 Å². The summed E-state index contributed by atoms with van der Waals surface area (Å²) >= 11 is 13.2. The average Bonchev–Trinajstić information content (AvgIpc) is 2.85. The summed E-state index contributed by atoms with van der Waals surface area (Å²) < 4.78 is 8.34. The van der Waals surface area contributed by atoms with Gasteiger partial charge in [-0.25, -0.2) is 0 Å². The first-order chi connectivity index (χ1) is 11.5. The van der Waals surface area contributed by atoms with Crippen LogP contribution in [0.5, 0.6) is 5.75 Å². The molecule has 1 N–H and O–H groups in total. The van der Waals surface area contributed by atoms with Gasteiger partial charge in [0, 0.05) is 20.1 Å². The third-order valence-corrected chi connectivity index (χ3v) is 5.67. The summed E-state index contributed by atoms with van der Waals surface area (Å²) in [5, 5.41) is 2.61. The molecule has 0 radical (unpaired) electrons. The third-order valence-electron chi connectivity index (χ3n) is 3.24. The number of thioether (sulfide) groups is 1. The van der Waals surface area contributed by atoms with E-state index in [4.69, 9.17) is 17.0 Å². The lowest BCUT2D eigenvalue weighted by Gasteiger charge is -2.11. The van der Waals surface area contributed by atoms with Crippen molar-refractivity contribution in [3.8, 4) is 5.75 Å². The van der Waals surface area contributed by atoms with Gasteiger partial charge < -0.3 is 10.1 Å². The van der Waals surface area contributed by atoms with E-state index in [9.17, 15) is 4.79 Å². The summed E-state index contributed by atoms with van der Waals surface area (Å²) in [7, 11) is 0. The lowest BCUT2D eigenvalue weighted by molar-refractivity contribution is -0.115. The van der Waals surface area contributed by atoms with Crippen LogP contribution in [0.2, 0.25) is 0 Å². The molecular weight excluding hydrogens is 474 g/mol. The van der Waals surface area contributed by atoms with Gasteiger partial charge in [0.1, 0.15) is 16.7 Å². The largest absolute Gasteiger partial charge is 0.488 e. The third kappa shape index (κ3) is 4.27. The normalized spacial score (nSPS) is 15.7. The number of carbonyl (C=O) groups is 1. The van der Waals surface area contributed by atoms with Crippen molar-refractivity contribution in [3.63, 3.8) is 0 Å².